The Labute approximate surface area is 213 Å². The van der Waals surface area contributed by atoms with Crippen molar-refractivity contribution in [3.63, 3.8) is 0 Å². The van der Waals surface area contributed by atoms with E-state index in [1.54, 1.807) is 4.90 Å². The lowest BCUT2D eigenvalue weighted by molar-refractivity contribution is -0.120. The molecule has 3 aromatic carbocycles. The SMILES string of the molecule is CCOCN(C(=O)Cn1c(C(O)c2ccccc2)nc2cc(C)c(C)cc21)c1c(C)cccc1CC. The van der Waals surface area contributed by atoms with Gasteiger partial charge in [-0.15, -0.1) is 0 Å². The number of benzene rings is 3. The maximum Gasteiger partial charge on any atom is 0.248 e. The second-order valence-electron chi connectivity index (χ2n) is 9.17. The van der Waals surface area contributed by atoms with Crippen molar-refractivity contribution in [2.45, 2.75) is 53.7 Å². The number of aliphatic hydroxyl groups is 1. The van der Waals surface area contributed by atoms with Gasteiger partial charge in [0, 0.05) is 6.61 Å². The highest BCUT2D eigenvalue weighted by molar-refractivity contribution is 5.95. The van der Waals surface area contributed by atoms with E-state index in [4.69, 9.17) is 9.72 Å². The number of carbonyl (C=O) groups is 1. The van der Waals surface area contributed by atoms with Gasteiger partial charge in [0.25, 0.3) is 0 Å². The summed E-state index contributed by atoms with van der Waals surface area (Å²) < 4.78 is 7.60. The van der Waals surface area contributed by atoms with Gasteiger partial charge in [-0.3, -0.25) is 9.69 Å². The number of aliphatic hydroxyl groups excluding tert-OH is 1. The van der Waals surface area contributed by atoms with Crippen molar-refractivity contribution in [3.05, 3.63) is 94.3 Å². The summed E-state index contributed by atoms with van der Waals surface area (Å²) in [4.78, 5) is 20.5. The van der Waals surface area contributed by atoms with Gasteiger partial charge in [-0.1, -0.05) is 55.5 Å². The Morgan fingerprint density at radius 1 is 1.00 bits per heavy atom. The van der Waals surface area contributed by atoms with Crippen molar-refractivity contribution in [2.75, 3.05) is 18.2 Å². The molecule has 36 heavy (non-hydrogen) atoms. The van der Waals surface area contributed by atoms with Gasteiger partial charge in [-0.2, -0.15) is 0 Å². The lowest BCUT2D eigenvalue weighted by atomic mass is 10.0. The second-order valence-corrected chi connectivity index (χ2v) is 9.17. The van der Waals surface area contributed by atoms with Crippen LogP contribution in [0.5, 0.6) is 0 Å². The zero-order valence-electron chi connectivity index (χ0n) is 21.8. The Kier molecular flexibility index (Phi) is 7.87. The Morgan fingerprint density at radius 3 is 2.42 bits per heavy atom. The van der Waals surface area contributed by atoms with Crippen LogP contribution in [0.15, 0.2) is 60.7 Å². The molecule has 1 heterocycles. The maximum absolute atomic E-state index is 14.0. The van der Waals surface area contributed by atoms with Gasteiger partial charge in [0.05, 0.1) is 16.7 Å². The molecule has 6 heteroatoms. The smallest absolute Gasteiger partial charge is 0.248 e. The highest BCUT2D eigenvalue weighted by atomic mass is 16.5. The van der Waals surface area contributed by atoms with Crippen LogP contribution >= 0.6 is 0 Å². The number of rotatable bonds is 9. The van der Waals surface area contributed by atoms with E-state index in [0.717, 1.165) is 51.0 Å². The minimum Gasteiger partial charge on any atom is -0.380 e. The molecule has 188 valence electrons. The first-order valence-corrected chi connectivity index (χ1v) is 12.5. The predicted molar refractivity (Wildman–Crippen MR) is 144 cm³/mol. The molecule has 0 saturated carbocycles. The Balaban J connectivity index is 1.82. The molecule has 0 saturated heterocycles. The van der Waals surface area contributed by atoms with Crippen molar-refractivity contribution >= 4 is 22.6 Å². The second kappa shape index (κ2) is 11.1. The summed E-state index contributed by atoms with van der Waals surface area (Å²) in [6.07, 6.45) is -0.158. The average Bonchev–Trinajstić information content (AvgIpc) is 3.21. The van der Waals surface area contributed by atoms with E-state index in [9.17, 15) is 9.90 Å². The first-order chi connectivity index (χ1) is 17.3. The number of hydrogen-bond donors (Lipinski definition) is 1. The number of fused-ring (bicyclic) bond motifs is 1. The maximum atomic E-state index is 14.0. The van der Waals surface area contributed by atoms with E-state index in [-0.39, 0.29) is 19.2 Å². The summed E-state index contributed by atoms with van der Waals surface area (Å²) in [5.74, 6) is 0.331. The van der Waals surface area contributed by atoms with E-state index in [0.29, 0.717) is 12.4 Å². The lowest BCUT2D eigenvalue weighted by Crippen LogP contribution is -2.37. The van der Waals surface area contributed by atoms with Crippen LogP contribution in [0.1, 0.15) is 53.6 Å². The predicted octanol–water partition coefficient (Wildman–Crippen LogP) is 5.63. The minimum atomic E-state index is -0.961. The van der Waals surface area contributed by atoms with E-state index in [2.05, 4.69) is 13.0 Å². The molecule has 4 rings (SSSR count). The lowest BCUT2D eigenvalue weighted by Gasteiger charge is -2.27. The zero-order valence-corrected chi connectivity index (χ0v) is 21.8. The largest absolute Gasteiger partial charge is 0.380 e. The van der Waals surface area contributed by atoms with Crippen molar-refractivity contribution in [2.24, 2.45) is 0 Å². The third kappa shape index (κ3) is 5.06. The topological polar surface area (TPSA) is 67.6 Å². The molecule has 0 aliphatic carbocycles. The fraction of sp³-hybridized carbons (Fsp3) is 0.333. The van der Waals surface area contributed by atoms with Crippen LogP contribution in [0, 0.1) is 20.8 Å². The summed E-state index contributed by atoms with van der Waals surface area (Å²) in [5, 5.41) is 11.3. The van der Waals surface area contributed by atoms with E-state index in [1.807, 2.05) is 86.9 Å². The molecule has 0 spiro atoms. The molecular formula is C30H35N3O3. The Hall–Kier alpha value is -3.48. The fourth-order valence-corrected chi connectivity index (χ4v) is 4.61. The molecule has 1 unspecified atom stereocenters. The molecular weight excluding hydrogens is 450 g/mol. The van der Waals surface area contributed by atoms with Gasteiger partial charge >= 0.3 is 0 Å². The summed E-state index contributed by atoms with van der Waals surface area (Å²) >= 11 is 0. The summed E-state index contributed by atoms with van der Waals surface area (Å²) in [6, 6.07) is 19.6. The molecule has 1 N–H and O–H groups in total. The van der Waals surface area contributed by atoms with Crippen molar-refractivity contribution in [3.8, 4) is 0 Å². The molecule has 6 nitrogen and oxygen atoms in total. The molecule has 1 amide bonds. The first-order valence-electron chi connectivity index (χ1n) is 12.5. The van der Waals surface area contributed by atoms with Crippen molar-refractivity contribution in [1.82, 2.24) is 9.55 Å². The van der Waals surface area contributed by atoms with Gasteiger partial charge < -0.3 is 14.4 Å². The normalized spacial score (nSPS) is 12.2. The number of imidazole rings is 1. The van der Waals surface area contributed by atoms with Crippen molar-refractivity contribution in [1.29, 1.82) is 0 Å². The number of nitrogens with zero attached hydrogens (tertiary/aromatic N) is 3. The number of para-hydroxylation sites is 1. The van der Waals surface area contributed by atoms with Crippen LogP contribution in [-0.4, -0.2) is 33.9 Å². The van der Waals surface area contributed by atoms with Gasteiger partial charge in [-0.25, -0.2) is 4.98 Å². The van der Waals surface area contributed by atoms with Gasteiger partial charge in [0.15, 0.2) is 0 Å². The third-order valence-electron chi connectivity index (χ3n) is 6.74. The highest BCUT2D eigenvalue weighted by Crippen LogP contribution is 2.30. The van der Waals surface area contributed by atoms with Crippen LogP contribution in [0.2, 0.25) is 0 Å². The first kappa shape index (κ1) is 25.6. The number of aryl methyl sites for hydroxylation is 4. The highest BCUT2D eigenvalue weighted by Gasteiger charge is 2.26. The quantitative estimate of drug-likeness (QED) is 0.312. The molecule has 0 bridgehead atoms. The molecule has 0 aliphatic heterocycles. The number of carbonyl (C=O) groups excluding carboxylic acids is 1. The third-order valence-corrected chi connectivity index (χ3v) is 6.74. The number of hydrogen-bond acceptors (Lipinski definition) is 4. The Morgan fingerprint density at radius 2 is 1.72 bits per heavy atom. The molecule has 0 fully saturated rings. The standard InChI is InChI=1S/C30H35N3O3/c1-6-23-15-11-12-20(3)28(23)33(19-36-7-2)27(34)18-32-26-17-22(5)21(4)16-25(26)31-30(32)29(35)24-13-9-8-10-14-24/h8-17,29,35H,6-7,18-19H2,1-5H3. The van der Waals surface area contributed by atoms with E-state index < -0.39 is 6.10 Å². The number of ether oxygens (including phenoxy) is 1. The van der Waals surface area contributed by atoms with Gasteiger partial charge in [-0.05, 0) is 74.1 Å². The zero-order chi connectivity index (χ0) is 25.8. The summed E-state index contributed by atoms with van der Waals surface area (Å²) in [7, 11) is 0. The molecule has 1 aromatic heterocycles. The molecule has 0 aliphatic rings. The molecule has 1 atom stereocenters. The van der Waals surface area contributed by atoms with E-state index >= 15 is 0 Å². The number of anilines is 1. The summed E-state index contributed by atoms with van der Waals surface area (Å²) in [5.41, 5.74) is 7.54. The van der Waals surface area contributed by atoms with E-state index in [1.165, 1.54) is 0 Å². The number of amides is 1. The minimum absolute atomic E-state index is 0.0305. The molecule has 0 radical (unpaired) electrons. The van der Waals surface area contributed by atoms with Gasteiger partial charge in [0.1, 0.15) is 25.2 Å². The van der Waals surface area contributed by atoms with Crippen LogP contribution in [0.4, 0.5) is 5.69 Å². The summed E-state index contributed by atoms with van der Waals surface area (Å²) in [6.45, 7) is 10.8. The van der Waals surface area contributed by atoms with Gasteiger partial charge in [0.2, 0.25) is 5.91 Å². The Bertz CT molecular complexity index is 1360. The number of aromatic nitrogens is 2. The monoisotopic (exact) mass is 485 g/mol. The van der Waals surface area contributed by atoms with Crippen LogP contribution in [0.3, 0.4) is 0 Å². The van der Waals surface area contributed by atoms with Crippen LogP contribution in [-0.2, 0) is 22.5 Å². The van der Waals surface area contributed by atoms with Crippen molar-refractivity contribution < 1.29 is 14.6 Å². The van der Waals surface area contributed by atoms with Crippen LogP contribution in [0.25, 0.3) is 11.0 Å². The molecule has 4 aromatic rings. The average molecular weight is 486 g/mol. The van der Waals surface area contributed by atoms with Crippen LogP contribution < -0.4 is 4.90 Å². The fourth-order valence-electron chi connectivity index (χ4n) is 4.61.